The smallest absolute Gasteiger partial charge is 0.288 e. The number of pyridine rings is 1. The van der Waals surface area contributed by atoms with E-state index in [1.807, 2.05) is 13.2 Å². The van der Waals surface area contributed by atoms with Gasteiger partial charge in [0, 0.05) is 22.0 Å². The van der Waals surface area contributed by atoms with Crippen molar-refractivity contribution in [2.45, 2.75) is 11.8 Å². The lowest BCUT2D eigenvalue weighted by Gasteiger charge is -1.94. The molecule has 0 bridgehead atoms. The molecule has 0 aliphatic carbocycles. The van der Waals surface area contributed by atoms with E-state index in [1.54, 1.807) is 17.8 Å². The van der Waals surface area contributed by atoms with Crippen LogP contribution in [0.2, 0.25) is 0 Å². The molecule has 0 spiro atoms. The zero-order valence-electron chi connectivity index (χ0n) is 8.27. The number of aryl methyl sites for hydroxylation is 1. The first-order valence-electron chi connectivity index (χ1n) is 4.30. The zero-order valence-corrected chi connectivity index (χ0v) is 9.09. The van der Waals surface area contributed by atoms with Gasteiger partial charge in [0.05, 0.1) is 4.92 Å². The second-order valence-electron chi connectivity index (χ2n) is 3.13. The third-order valence-corrected chi connectivity index (χ3v) is 3.11. The van der Waals surface area contributed by atoms with E-state index in [9.17, 15) is 10.1 Å². The summed E-state index contributed by atoms with van der Waals surface area (Å²) in [6, 6.07) is 1.55. The Labute approximate surface area is 90.0 Å². The maximum absolute atomic E-state index is 10.6. The van der Waals surface area contributed by atoms with Gasteiger partial charge in [0.1, 0.15) is 11.8 Å². The third-order valence-electron chi connectivity index (χ3n) is 2.18. The van der Waals surface area contributed by atoms with Crippen molar-refractivity contribution in [3.05, 3.63) is 28.1 Å². The molecule has 0 aliphatic rings. The second-order valence-corrected chi connectivity index (χ2v) is 3.95. The van der Waals surface area contributed by atoms with Crippen molar-refractivity contribution in [3.8, 4) is 0 Å². The van der Waals surface area contributed by atoms with E-state index >= 15 is 0 Å². The summed E-state index contributed by atoms with van der Waals surface area (Å²) >= 11 is 1.56. The number of hydrogen-bond donors (Lipinski definition) is 1. The fraction of sp³-hybridized carbons (Fsp3) is 0.222. The molecule has 2 heterocycles. The van der Waals surface area contributed by atoms with Crippen molar-refractivity contribution in [2.75, 3.05) is 6.26 Å². The average molecular weight is 223 g/mol. The normalized spacial score (nSPS) is 10.8. The summed E-state index contributed by atoms with van der Waals surface area (Å²) in [4.78, 5) is 18.3. The van der Waals surface area contributed by atoms with Gasteiger partial charge in [0.15, 0.2) is 0 Å². The molecule has 78 valence electrons. The number of thioether (sulfide) groups is 1. The molecule has 1 N–H and O–H groups in total. The number of aromatic amines is 1. The van der Waals surface area contributed by atoms with Crippen molar-refractivity contribution in [1.29, 1.82) is 0 Å². The van der Waals surface area contributed by atoms with E-state index in [0.717, 1.165) is 16.0 Å². The highest BCUT2D eigenvalue weighted by Crippen LogP contribution is 2.30. The van der Waals surface area contributed by atoms with Crippen molar-refractivity contribution in [1.82, 2.24) is 9.97 Å². The number of nitrogens with zero attached hydrogens (tertiary/aromatic N) is 2. The molecule has 0 radical (unpaired) electrons. The lowest BCUT2D eigenvalue weighted by atomic mass is 10.3. The van der Waals surface area contributed by atoms with Crippen molar-refractivity contribution >= 4 is 28.5 Å². The van der Waals surface area contributed by atoms with Crippen LogP contribution >= 0.6 is 11.8 Å². The van der Waals surface area contributed by atoms with Crippen LogP contribution < -0.4 is 0 Å². The van der Waals surface area contributed by atoms with Crippen molar-refractivity contribution in [3.63, 3.8) is 0 Å². The van der Waals surface area contributed by atoms with Gasteiger partial charge in [0.2, 0.25) is 0 Å². The monoisotopic (exact) mass is 223 g/mol. The van der Waals surface area contributed by atoms with E-state index in [4.69, 9.17) is 0 Å². The number of hydrogen-bond acceptors (Lipinski definition) is 4. The maximum Gasteiger partial charge on any atom is 0.288 e. The number of aromatic nitrogens is 2. The Hall–Kier alpha value is -1.56. The summed E-state index contributed by atoms with van der Waals surface area (Å²) in [5.74, 6) is 0. The minimum atomic E-state index is -0.432. The fourth-order valence-electron chi connectivity index (χ4n) is 1.53. The van der Waals surface area contributed by atoms with Crippen LogP contribution in [0.25, 0.3) is 11.0 Å². The average Bonchev–Trinajstić information content (AvgIpc) is 2.51. The van der Waals surface area contributed by atoms with Gasteiger partial charge in [-0.1, -0.05) is 0 Å². The van der Waals surface area contributed by atoms with E-state index < -0.39 is 4.92 Å². The van der Waals surface area contributed by atoms with Gasteiger partial charge in [0.25, 0.3) is 5.69 Å². The van der Waals surface area contributed by atoms with Gasteiger partial charge >= 0.3 is 0 Å². The van der Waals surface area contributed by atoms with Crippen molar-refractivity contribution < 1.29 is 4.92 Å². The molecule has 2 aromatic heterocycles. The Morgan fingerprint density at radius 3 is 2.93 bits per heavy atom. The lowest BCUT2D eigenvalue weighted by Crippen LogP contribution is -1.88. The summed E-state index contributed by atoms with van der Waals surface area (Å²) in [6.45, 7) is 1.93. The second kappa shape index (κ2) is 3.54. The molecule has 0 saturated heterocycles. The molecule has 0 aromatic carbocycles. The Kier molecular flexibility index (Phi) is 2.36. The van der Waals surface area contributed by atoms with Crippen LogP contribution in [0.15, 0.2) is 17.2 Å². The summed E-state index contributed by atoms with van der Waals surface area (Å²) in [5, 5.41) is 11.4. The predicted octanol–water partition coefficient (Wildman–Crippen LogP) is 2.50. The van der Waals surface area contributed by atoms with Gasteiger partial charge in [-0.3, -0.25) is 10.1 Å². The fourth-order valence-corrected chi connectivity index (χ4v) is 2.26. The molecule has 2 rings (SSSR count). The number of H-pyrrole nitrogens is 1. The van der Waals surface area contributed by atoms with Crippen LogP contribution in [-0.2, 0) is 0 Å². The van der Waals surface area contributed by atoms with Gasteiger partial charge in [-0.15, -0.1) is 11.8 Å². The molecule has 0 aliphatic heterocycles. The van der Waals surface area contributed by atoms with Crippen LogP contribution in [0.3, 0.4) is 0 Å². The molecule has 0 saturated carbocycles. The van der Waals surface area contributed by atoms with E-state index in [0.29, 0.717) is 5.65 Å². The minimum Gasteiger partial charge on any atom is -0.342 e. The van der Waals surface area contributed by atoms with Crippen LogP contribution in [0.4, 0.5) is 5.69 Å². The molecule has 0 unspecified atom stereocenters. The Morgan fingerprint density at radius 1 is 1.60 bits per heavy atom. The summed E-state index contributed by atoms with van der Waals surface area (Å²) in [5.41, 5.74) is 1.71. The van der Waals surface area contributed by atoms with Crippen LogP contribution in [0.5, 0.6) is 0 Å². The van der Waals surface area contributed by atoms with E-state index in [-0.39, 0.29) is 5.69 Å². The summed E-state index contributed by atoms with van der Waals surface area (Å²) in [7, 11) is 0. The van der Waals surface area contributed by atoms with Gasteiger partial charge in [-0.25, -0.2) is 4.98 Å². The maximum atomic E-state index is 10.6. The standard InChI is InChI=1S/C9H9N3O2S/c1-5-8(15-2)7-3-6(12(13)14)4-10-9(7)11-5/h3-4H,1-2H3,(H,10,11). The molecule has 0 amide bonds. The number of rotatable bonds is 2. The molecule has 15 heavy (non-hydrogen) atoms. The first kappa shape index (κ1) is 9.97. The van der Waals surface area contributed by atoms with Gasteiger partial charge in [-0.2, -0.15) is 0 Å². The largest absolute Gasteiger partial charge is 0.342 e. The van der Waals surface area contributed by atoms with Gasteiger partial charge < -0.3 is 4.98 Å². The number of nitrogens with one attached hydrogen (secondary N) is 1. The highest BCUT2D eigenvalue weighted by molar-refractivity contribution is 7.98. The molecule has 2 aromatic rings. The van der Waals surface area contributed by atoms with E-state index in [1.165, 1.54) is 6.20 Å². The lowest BCUT2D eigenvalue weighted by molar-refractivity contribution is -0.385. The SMILES string of the molecule is CSc1c(C)[nH]c2ncc([N+](=O)[O-])cc12. The predicted molar refractivity (Wildman–Crippen MR) is 59.3 cm³/mol. The Balaban J connectivity index is 2.73. The summed E-state index contributed by atoms with van der Waals surface area (Å²) in [6.07, 6.45) is 3.21. The topological polar surface area (TPSA) is 71.8 Å². The van der Waals surface area contributed by atoms with Crippen LogP contribution in [-0.4, -0.2) is 21.1 Å². The van der Waals surface area contributed by atoms with Gasteiger partial charge in [-0.05, 0) is 13.2 Å². The molecular formula is C9H9N3O2S. The molecule has 0 atom stereocenters. The van der Waals surface area contributed by atoms with E-state index in [2.05, 4.69) is 9.97 Å². The first-order chi connectivity index (χ1) is 7.13. The molecular weight excluding hydrogens is 214 g/mol. The molecule has 0 fully saturated rings. The molecule has 6 heteroatoms. The Morgan fingerprint density at radius 2 is 2.33 bits per heavy atom. The third kappa shape index (κ3) is 1.56. The van der Waals surface area contributed by atoms with Crippen molar-refractivity contribution in [2.24, 2.45) is 0 Å². The minimum absolute atomic E-state index is 0.0248. The summed E-state index contributed by atoms with van der Waals surface area (Å²) < 4.78 is 0. The van der Waals surface area contributed by atoms with Crippen LogP contribution in [0, 0.1) is 17.0 Å². The quantitative estimate of drug-likeness (QED) is 0.482. The van der Waals surface area contributed by atoms with Crippen LogP contribution in [0.1, 0.15) is 5.69 Å². The highest BCUT2D eigenvalue weighted by Gasteiger charge is 2.13. The number of fused-ring (bicyclic) bond motifs is 1. The first-order valence-corrected chi connectivity index (χ1v) is 5.52. The zero-order chi connectivity index (χ0) is 11.0. The Bertz CT molecular complexity index is 535. The highest BCUT2D eigenvalue weighted by atomic mass is 32.2. The molecule has 5 nitrogen and oxygen atoms in total. The number of nitro groups is 1.